The number of halogens is 6. The molecule has 3 aromatic carbocycles. The summed E-state index contributed by atoms with van der Waals surface area (Å²) in [5.74, 6) is -13.2. The first-order valence-electron chi connectivity index (χ1n) is 10.7. The van der Waals surface area contributed by atoms with Crippen LogP contribution in [-0.4, -0.2) is 16.6 Å². The van der Waals surface area contributed by atoms with Gasteiger partial charge in [-0.3, -0.25) is 4.79 Å². The van der Waals surface area contributed by atoms with Gasteiger partial charge in [0.05, 0.1) is 6.04 Å². The summed E-state index contributed by atoms with van der Waals surface area (Å²) in [4.78, 5) is 25.3. The number of carbonyl (C=O) groups is 2. The van der Waals surface area contributed by atoms with E-state index in [2.05, 4.69) is 0 Å². The third-order valence-corrected chi connectivity index (χ3v) is 5.65. The Labute approximate surface area is 198 Å². The van der Waals surface area contributed by atoms with Crippen LogP contribution in [0.4, 0.5) is 26.3 Å². The monoisotopic (exact) mass is 493 g/mol. The predicted octanol–water partition coefficient (Wildman–Crippen LogP) is 6.45. The van der Waals surface area contributed by atoms with Gasteiger partial charge in [-0.2, -0.15) is 0 Å². The molecule has 0 aliphatic heterocycles. The molecule has 35 heavy (non-hydrogen) atoms. The van der Waals surface area contributed by atoms with Crippen molar-refractivity contribution in [1.82, 2.24) is 4.90 Å². The number of aryl methyl sites for hydroxylation is 1. The Morgan fingerprint density at radius 1 is 0.743 bits per heavy atom. The average Bonchev–Trinajstić information content (AvgIpc) is 2.84. The molecule has 184 valence electrons. The minimum Gasteiger partial charge on any atom is -0.327 e. The van der Waals surface area contributed by atoms with E-state index in [1.807, 2.05) is 0 Å². The summed E-state index contributed by atoms with van der Waals surface area (Å²) in [7, 11) is 0. The molecule has 0 aliphatic carbocycles. The zero-order valence-electron chi connectivity index (χ0n) is 18.8. The summed E-state index contributed by atoms with van der Waals surface area (Å²) in [5.41, 5.74) is 0.145. The zero-order valence-corrected chi connectivity index (χ0v) is 18.8. The second kappa shape index (κ2) is 10.8. The number of hydrogen-bond donors (Lipinski definition) is 0. The molecule has 9 heteroatoms. The van der Waals surface area contributed by atoms with Crippen LogP contribution in [0.15, 0.2) is 48.5 Å². The number of carbonyl (C=O) groups excluding carboxylic acids is 2. The molecule has 0 spiro atoms. The van der Waals surface area contributed by atoms with Gasteiger partial charge in [-0.15, -0.1) is 0 Å². The van der Waals surface area contributed by atoms with Crippen LogP contribution in [0.5, 0.6) is 0 Å². The minimum atomic E-state index is -2.36. The summed E-state index contributed by atoms with van der Waals surface area (Å²) in [6, 6.07) is 10.7. The highest BCUT2D eigenvalue weighted by molar-refractivity contribution is 5.95. The van der Waals surface area contributed by atoms with Crippen LogP contribution in [-0.2, 0) is 17.8 Å². The maximum absolute atomic E-state index is 14.4. The molecular weight excluding hydrogens is 472 g/mol. The van der Waals surface area contributed by atoms with E-state index in [-0.39, 0.29) is 12.3 Å². The first-order valence-corrected chi connectivity index (χ1v) is 10.7. The highest BCUT2D eigenvalue weighted by Gasteiger charge is 2.34. The Bertz CT molecular complexity index is 1210. The number of ketones is 1. The number of nitrogens with zero attached hydrogens (tertiary/aromatic N) is 1. The summed E-state index contributed by atoms with van der Waals surface area (Å²) >= 11 is 0. The van der Waals surface area contributed by atoms with Crippen molar-refractivity contribution in [3.63, 3.8) is 0 Å². The first-order chi connectivity index (χ1) is 16.5. The Kier molecular flexibility index (Phi) is 7.99. The normalized spacial score (nSPS) is 11.9. The second-order valence-electron chi connectivity index (χ2n) is 8.12. The zero-order chi connectivity index (χ0) is 25.9. The maximum Gasteiger partial charge on any atom is 0.260 e. The van der Waals surface area contributed by atoms with Crippen LogP contribution in [0, 0.1) is 34.9 Å². The molecule has 3 aromatic rings. The molecule has 0 fully saturated rings. The SMILES string of the molecule is CC(=O)CCc1ccc(CN(C(=O)c2c(F)c(F)c(F)c(F)c2F)C(C)c2ccc(F)cc2)cc1. The van der Waals surface area contributed by atoms with Gasteiger partial charge in [0, 0.05) is 13.0 Å². The predicted molar refractivity (Wildman–Crippen MR) is 116 cm³/mol. The molecule has 3 nitrogen and oxygen atoms in total. The van der Waals surface area contributed by atoms with Gasteiger partial charge in [0.2, 0.25) is 5.82 Å². The first kappa shape index (κ1) is 26.0. The van der Waals surface area contributed by atoms with Crippen LogP contribution in [0.25, 0.3) is 0 Å². The van der Waals surface area contributed by atoms with Crippen molar-refractivity contribution in [2.45, 2.75) is 39.3 Å². The third kappa shape index (κ3) is 5.72. The molecule has 1 amide bonds. The Hall–Kier alpha value is -3.62. The van der Waals surface area contributed by atoms with Crippen molar-refractivity contribution < 1.29 is 35.9 Å². The fourth-order valence-electron chi connectivity index (χ4n) is 3.57. The summed E-state index contributed by atoms with van der Waals surface area (Å²) in [5, 5.41) is 0. The molecule has 0 aliphatic rings. The number of hydrogen-bond acceptors (Lipinski definition) is 2. The van der Waals surface area contributed by atoms with Crippen molar-refractivity contribution in [2.75, 3.05) is 0 Å². The molecule has 0 saturated carbocycles. The van der Waals surface area contributed by atoms with Gasteiger partial charge in [0.15, 0.2) is 23.3 Å². The lowest BCUT2D eigenvalue weighted by Gasteiger charge is -2.30. The van der Waals surface area contributed by atoms with Gasteiger partial charge in [-0.1, -0.05) is 36.4 Å². The van der Waals surface area contributed by atoms with Crippen LogP contribution >= 0.6 is 0 Å². The number of rotatable bonds is 8. The van der Waals surface area contributed by atoms with Crippen LogP contribution in [0.1, 0.15) is 53.4 Å². The lowest BCUT2D eigenvalue weighted by Crippen LogP contribution is -2.35. The van der Waals surface area contributed by atoms with E-state index in [9.17, 15) is 35.9 Å². The van der Waals surface area contributed by atoms with Crippen LogP contribution in [0.3, 0.4) is 0 Å². The van der Waals surface area contributed by atoms with Crippen molar-refractivity contribution in [3.05, 3.63) is 106 Å². The Balaban J connectivity index is 2.02. The quantitative estimate of drug-likeness (QED) is 0.206. The van der Waals surface area contributed by atoms with Crippen molar-refractivity contribution in [1.29, 1.82) is 0 Å². The van der Waals surface area contributed by atoms with Crippen LogP contribution in [0.2, 0.25) is 0 Å². The standard InChI is InChI=1S/C26H21F6NO2/c1-14(34)3-4-16-5-7-17(8-6-16)13-33(15(2)18-9-11-19(27)12-10-18)26(35)20-21(28)23(30)25(32)24(31)22(20)29/h5-12,15H,3-4,13H2,1-2H3. The molecule has 0 N–H and O–H groups in total. The van der Waals surface area contributed by atoms with Gasteiger partial charge in [-0.05, 0) is 49.1 Å². The van der Waals surface area contributed by atoms with E-state index in [4.69, 9.17) is 0 Å². The highest BCUT2D eigenvalue weighted by Crippen LogP contribution is 2.29. The average molecular weight is 493 g/mol. The van der Waals surface area contributed by atoms with E-state index in [0.29, 0.717) is 24.0 Å². The summed E-state index contributed by atoms with van der Waals surface area (Å²) in [6.45, 7) is 2.70. The minimum absolute atomic E-state index is 0.0155. The van der Waals surface area contributed by atoms with E-state index in [1.54, 1.807) is 24.3 Å². The third-order valence-electron chi connectivity index (χ3n) is 5.65. The van der Waals surface area contributed by atoms with E-state index in [1.165, 1.54) is 26.0 Å². The van der Waals surface area contributed by atoms with Crippen molar-refractivity contribution in [3.8, 4) is 0 Å². The fourth-order valence-corrected chi connectivity index (χ4v) is 3.57. The van der Waals surface area contributed by atoms with Crippen LogP contribution < -0.4 is 0 Å². The van der Waals surface area contributed by atoms with Gasteiger partial charge in [0.1, 0.15) is 17.2 Å². The molecule has 0 heterocycles. The molecule has 3 rings (SSSR count). The fraction of sp³-hybridized carbons (Fsp3) is 0.231. The smallest absolute Gasteiger partial charge is 0.260 e. The molecule has 1 atom stereocenters. The topological polar surface area (TPSA) is 37.4 Å². The molecule has 0 radical (unpaired) electrons. The summed E-state index contributed by atoms with van der Waals surface area (Å²) in [6.07, 6.45) is 0.834. The molecule has 1 unspecified atom stereocenters. The van der Waals surface area contributed by atoms with E-state index in [0.717, 1.165) is 22.6 Å². The number of benzene rings is 3. The largest absolute Gasteiger partial charge is 0.327 e. The Morgan fingerprint density at radius 3 is 1.74 bits per heavy atom. The van der Waals surface area contributed by atoms with E-state index >= 15 is 0 Å². The van der Waals surface area contributed by atoms with Crippen molar-refractivity contribution in [2.24, 2.45) is 0 Å². The molecule has 0 bridgehead atoms. The lowest BCUT2D eigenvalue weighted by atomic mass is 10.0. The highest BCUT2D eigenvalue weighted by atomic mass is 19.2. The Morgan fingerprint density at radius 2 is 1.23 bits per heavy atom. The second-order valence-corrected chi connectivity index (χ2v) is 8.12. The molecular formula is C26H21F6NO2. The van der Waals surface area contributed by atoms with Gasteiger partial charge in [0.25, 0.3) is 5.91 Å². The van der Waals surface area contributed by atoms with Gasteiger partial charge in [-0.25, -0.2) is 26.3 Å². The van der Waals surface area contributed by atoms with Crippen molar-refractivity contribution >= 4 is 11.7 Å². The molecule has 0 saturated heterocycles. The number of amides is 1. The number of Topliss-reactive ketones (excluding diaryl/α,β-unsaturated/α-hetero) is 1. The maximum atomic E-state index is 14.4. The summed E-state index contributed by atoms with van der Waals surface area (Å²) < 4.78 is 83.3. The van der Waals surface area contributed by atoms with E-state index < -0.39 is 52.4 Å². The lowest BCUT2D eigenvalue weighted by molar-refractivity contribution is -0.116. The molecule has 0 aromatic heterocycles. The van der Waals surface area contributed by atoms with Gasteiger partial charge < -0.3 is 9.69 Å². The van der Waals surface area contributed by atoms with Gasteiger partial charge >= 0.3 is 0 Å².